The van der Waals surface area contributed by atoms with Crippen LogP contribution in [0.3, 0.4) is 0 Å². The van der Waals surface area contributed by atoms with E-state index in [1.807, 2.05) is 12.1 Å². The smallest absolute Gasteiger partial charge is 0.360 e. The lowest BCUT2D eigenvalue weighted by molar-refractivity contribution is 0.0520. The minimum atomic E-state index is -0.596. The van der Waals surface area contributed by atoms with Crippen molar-refractivity contribution in [3.63, 3.8) is 0 Å². The van der Waals surface area contributed by atoms with Gasteiger partial charge in [0.15, 0.2) is 17.8 Å². The van der Waals surface area contributed by atoms with Crippen molar-refractivity contribution in [3.05, 3.63) is 72.0 Å². The first-order valence-electron chi connectivity index (χ1n) is 11.8. The van der Waals surface area contributed by atoms with E-state index in [9.17, 15) is 14.0 Å². The number of rotatable bonds is 9. The van der Waals surface area contributed by atoms with E-state index in [1.54, 1.807) is 37.3 Å². The Bertz CT molecular complexity index is 1160. The summed E-state index contributed by atoms with van der Waals surface area (Å²) in [4.78, 5) is 33.4. The van der Waals surface area contributed by atoms with Crippen LogP contribution >= 0.6 is 0 Å². The molecule has 4 rings (SSSR count). The molecule has 0 bridgehead atoms. The molecule has 1 saturated heterocycles. The van der Waals surface area contributed by atoms with Gasteiger partial charge in [-0.1, -0.05) is 30.3 Å². The van der Waals surface area contributed by atoms with Crippen molar-refractivity contribution in [2.75, 3.05) is 50.8 Å². The highest BCUT2D eigenvalue weighted by Crippen LogP contribution is 2.27. The maximum atomic E-state index is 14.0. The van der Waals surface area contributed by atoms with E-state index in [-0.39, 0.29) is 29.8 Å². The number of hydrogen-bond acceptors (Lipinski definition) is 7. The number of amides is 1. The van der Waals surface area contributed by atoms with Crippen LogP contribution in [-0.4, -0.2) is 67.6 Å². The summed E-state index contributed by atoms with van der Waals surface area (Å²) in [6.45, 7) is 6.47. The van der Waals surface area contributed by atoms with Crippen LogP contribution in [0.1, 0.15) is 34.2 Å². The SMILES string of the molecule is CCOC(=O)c1ncoc1-c1ccccc1C(=O)NCCCN1CCN(c2ccccc2F)CC1. The van der Waals surface area contributed by atoms with Gasteiger partial charge in [0.25, 0.3) is 5.91 Å². The number of halogens is 1. The lowest BCUT2D eigenvalue weighted by Gasteiger charge is -2.36. The van der Waals surface area contributed by atoms with Crippen molar-refractivity contribution in [1.29, 1.82) is 0 Å². The first-order valence-corrected chi connectivity index (χ1v) is 11.8. The fourth-order valence-corrected chi connectivity index (χ4v) is 4.18. The number of ether oxygens (including phenoxy) is 1. The Morgan fingerprint density at radius 2 is 1.83 bits per heavy atom. The molecule has 0 aliphatic carbocycles. The van der Waals surface area contributed by atoms with Crippen molar-refractivity contribution >= 4 is 17.6 Å². The fourth-order valence-electron chi connectivity index (χ4n) is 4.18. The fraction of sp³-hybridized carbons (Fsp3) is 0.346. The zero-order valence-electron chi connectivity index (χ0n) is 19.7. The number of carbonyl (C=O) groups is 2. The standard InChI is InChI=1S/C26H29FN4O4/c1-2-34-26(33)23-24(35-18-29-23)19-8-3-4-9-20(19)25(32)28-12-7-13-30-14-16-31(17-15-30)22-11-6-5-10-21(22)27/h3-6,8-11,18H,2,7,12-17H2,1H3,(H,28,32). The van der Waals surface area contributed by atoms with Gasteiger partial charge in [-0.15, -0.1) is 0 Å². The number of para-hydroxylation sites is 1. The highest BCUT2D eigenvalue weighted by atomic mass is 19.1. The Kier molecular flexibility index (Phi) is 8.10. The molecule has 1 fully saturated rings. The van der Waals surface area contributed by atoms with Crippen molar-refractivity contribution in [1.82, 2.24) is 15.2 Å². The molecule has 3 aromatic rings. The number of nitrogens with zero attached hydrogens (tertiary/aromatic N) is 3. The second-order valence-corrected chi connectivity index (χ2v) is 8.19. The van der Waals surface area contributed by atoms with E-state index in [0.29, 0.717) is 23.4 Å². The number of hydrogen-bond donors (Lipinski definition) is 1. The molecule has 35 heavy (non-hydrogen) atoms. The molecule has 184 valence electrons. The van der Waals surface area contributed by atoms with Crippen molar-refractivity contribution < 1.29 is 23.1 Å². The molecule has 0 saturated carbocycles. The Labute approximate surface area is 203 Å². The number of oxazole rings is 1. The van der Waals surface area contributed by atoms with Gasteiger partial charge < -0.3 is 19.4 Å². The minimum absolute atomic E-state index is 0.0432. The van der Waals surface area contributed by atoms with E-state index < -0.39 is 5.97 Å². The second kappa shape index (κ2) is 11.6. The van der Waals surface area contributed by atoms with Gasteiger partial charge in [0, 0.05) is 38.3 Å². The van der Waals surface area contributed by atoms with Gasteiger partial charge in [0.2, 0.25) is 0 Å². The molecule has 0 unspecified atom stereocenters. The molecule has 0 atom stereocenters. The zero-order chi connectivity index (χ0) is 24.6. The molecule has 8 nitrogen and oxygen atoms in total. The lowest BCUT2D eigenvalue weighted by Crippen LogP contribution is -2.47. The average Bonchev–Trinajstić information content (AvgIpc) is 3.37. The number of anilines is 1. The normalized spacial score (nSPS) is 14.1. The third-order valence-corrected chi connectivity index (χ3v) is 5.95. The zero-order valence-corrected chi connectivity index (χ0v) is 19.7. The Morgan fingerprint density at radius 1 is 1.09 bits per heavy atom. The molecule has 1 N–H and O–H groups in total. The summed E-state index contributed by atoms with van der Waals surface area (Å²) in [5.41, 5.74) is 1.57. The maximum Gasteiger partial charge on any atom is 0.360 e. The number of piperazine rings is 1. The number of esters is 1. The highest BCUT2D eigenvalue weighted by molar-refractivity contribution is 6.03. The van der Waals surface area contributed by atoms with Crippen molar-refractivity contribution in [2.45, 2.75) is 13.3 Å². The summed E-state index contributed by atoms with van der Waals surface area (Å²) in [5.74, 6) is -0.830. The van der Waals surface area contributed by atoms with Crippen LogP contribution in [0.2, 0.25) is 0 Å². The Morgan fingerprint density at radius 3 is 2.60 bits per heavy atom. The van der Waals surface area contributed by atoms with E-state index in [0.717, 1.165) is 39.1 Å². The van der Waals surface area contributed by atoms with Crippen LogP contribution in [0.25, 0.3) is 11.3 Å². The van der Waals surface area contributed by atoms with Gasteiger partial charge in [0.1, 0.15) is 5.82 Å². The highest BCUT2D eigenvalue weighted by Gasteiger charge is 2.23. The van der Waals surface area contributed by atoms with E-state index in [1.165, 1.54) is 12.5 Å². The summed E-state index contributed by atoms with van der Waals surface area (Å²) in [7, 11) is 0. The van der Waals surface area contributed by atoms with E-state index in [4.69, 9.17) is 9.15 Å². The van der Waals surface area contributed by atoms with Gasteiger partial charge in [0.05, 0.1) is 17.9 Å². The van der Waals surface area contributed by atoms with Gasteiger partial charge in [-0.25, -0.2) is 14.2 Å². The van der Waals surface area contributed by atoms with Crippen molar-refractivity contribution in [2.24, 2.45) is 0 Å². The van der Waals surface area contributed by atoms with Gasteiger partial charge in [-0.3, -0.25) is 9.69 Å². The first-order chi connectivity index (χ1) is 17.1. The Balaban J connectivity index is 1.28. The van der Waals surface area contributed by atoms with Crippen LogP contribution in [0.15, 0.2) is 59.3 Å². The molecule has 1 aliphatic heterocycles. The number of nitrogens with one attached hydrogen (secondary N) is 1. The summed E-state index contributed by atoms with van der Waals surface area (Å²) >= 11 is 0. The third kappa shape index (κ3) is 5.86. The largest absolute Gasteiger partial charge is 0.461 e. The Hall–Kier alpha value is -3.72. The quantitative estimate of drug-likeness (QED) is 0.370. The van der Waals surface area contributed by atoms with Crippen molar-refractivity contribution in [3.8, 4) is 11.3 Å². The third-order valence-electron chi connectivity index (χ3n) is 5.95. The topological polar surface area (TPSA) is 87.9 Å². The van der Waals surface area contributed by atoms with Gasteiger partial charge in [-0.2, -0.15) is 0 Å². The minimum Gasteiger partial charge on any atom is -0.461 e. The molecule has 9 heteroatoms. The summed E-state index contributed by atoms with van der Waals surface area (Å²) in [6.07, 6.45) is 1.95. The number of aromatic nitrogens is 1. The lowest BCUT2D eigenvalue weighted by atomic mass is 10.0. The van der Waals surface area contributed by atoms with Crippen LogP contribution < -0.4 is 10.2 Å². The van der Waals surface area contributed by atoms with E-state index in [2.05, 4.69) is 20.1 Å². The molecule has 1 amide bonds. The molecular formula is C26H29FN4O4. The maximum absolute atomic E-state index is 14.0. The molecule has 1 aliphatic rings. The summed E-state index contributed by atoms with van der Waals surface area (Å²) in [5, 5.41) is 2.95. The molecular weight excluding hydrogens is 451 g/mol. The predicted molar refractivity (Wildman–Crippen MR) is 130 cm³/mol. The number of carbonyl (C=O) groups excluding carboxylic acids is 2. The monoisotopic (exact) mass is 480 g/mol. The predicted octanol–water partition coefficient (Wildman–Crippen LogP) is 3.60. The van der Waals surface area contributed by atoms with Crippen LogP contribution in [0, 0.1) is 5.82 Å². The van der Waals surface area contributed by atoms with Crippen LogP contribution in [0.5, 0.6) is 0 Å². The molecule has 0 spiro atoms. The van der Waals surface area contributed by atoms with Crippen LogP contribution in [0.4, 0.5) is 10.1 Å². The van der Waals surface area contributed by atoms with E-state index >= 15 is 0 Å². The van der Waals surface area contributed by atoms with Gasteiger partial charge >= 0.3 is 5.97 Å². The van der Waals surface area contributed by atoms with Gasteiger partial charge in [-0.05, 0) is 38.1 Å². The molecule has 2 aromatic carbocycles. The first kappa shape index (κ1) is 24.4. The number of benzene rings is 2. The summed E-state index contributed by atoms with van der Waals surface area (Å²) < 4.78 is 24.5. The molecule has 2 heterocycles. The summed E-state index contributed by atoms with van der Waals surface area (Å²) in [6, 6.07) is 13.8. The second-order valence-electron chi connectivity index (χ2n) is 8.19. The average molecular weight is 481 g/mol. The molecule has 0 radical (unpaired) electrons. The van der Waals surface area contributed by atoms with Crippen LogP contribution in [-0.2, 0) is 4.74 Å². The molecule has 1 aromatic heterocycles.